The maximum absolute atomic E-state index is 13.2. The number of fused-ring (bicyclic) bond motifs is 1. The Morgan fingerprint density at radius 1 is 1.18 bits per heavy atom. The second-order valence-electron chi connectivity index (χ2n) is 7.95. The van der Waals surface area contributed by atoms with E-state index in [0.29, 0.717) is 40.4 Å². The number of benzene rings is 2. The van der Waals surface area contributed by atoms with Crippen molar-refractivity contribution in [1.82, 2.24) is 9.55 Å². The zero-order valence-corrected chi connectivity index (χ0v) is 20.0. The van der Waals surface area contributed by atoms with Crippen LogP contribution in [0.15, 0.2) is 52.4 Å². The molecule has 0 fully saturated rings. The van der Waals surface area contributed by atoms with Crippen LogP contribution in [0.4, 0.5) is 5.82 Å². The molecule has 4 rings (SSSR count). The topological polar surface area (TPSA) is 82.5 Å². The number of nitrogens with zero attached hydrogens (tertiary/aromatic N) is 2. The Hall–Kier alpha value is -3.26. The highest BCUT2D eigenvalue weighted by Crippen LogP contribution is 2.39. The highest BCUT2D eigenvalue weighted by molar-refractivity contribution is 7.98. The van der Waals surface area contributed by atoms with E-state index in [0.717, 1.165) is 11.1 Å². The lowest BCUT2D eigenvalue weighted by atomic mass is 9.86. The number of aromatic nitrogens is 2. The summed E-state index contributed by atoms with van der Waals surface area (Å²) in [6.45, 7) is 4.42. The van der Waals surface area contributed by atoms with Crippen molar-refractivity contribution in [2.45, 2.75) is 37.1 Å². The van der Waals surface area contributed by atoms with Crippen LogP contribution in [-0.4, -0.2) is 29.2 Å². The summed E-state index contributed by atoms with van der Waals surface area (Å²) in [6.07, 6.45) is 0.164. The van der Waals surface area contributed by atoms with E-state index in [1.807, 2.05) is 51.2 Å². The molecule has 0 radical (unpaired) electrons. The number of carbonyl (C=O) groups excluding carboxylic acids is 1. The fourth-order valence-electron chi connectivity index (χ4n) is 4.08. The fourth-order valence-corrected chi connectivity index (χ4v) is 4.99. The second kappa shape index (κ2) is 9.70. The number of hydrogen-bond donors (Lipinski definition) is 1. The maximum Gasteiger partial charge on any atom is 0.279 e. The van der Waals surface area contributed by atoms with Gasteiger partial charge in [-0.2, -0.15) is 4.98 Å². The Morgan fingerprint density at radius 2 is 2.00 bits per heavy atom. The molecular weight excluding hydrogens is 438 g/mol. The first kappa shape index (κ1) is 22.9. The molecule has 1 atom stereocenters. The number of carbonyl (C=O) groups is 1. The summed E-state index contributed by atoms with van der Waals surface area (Å²) < 4.78 is 12.9. The van der Waals surface area contributed by atoms with Gasteiger partial charge < -0.3 is 19.4 Å². The largest absolute Gasteiger partial charge is 0.493 e. The number of nitrogens with one attached hydrogen (secondary N) is 1. The lowest BCUT2D eigenvalue weighted by Gasteiger charge is -2.28. The number of ether oxygens (including phenoxy) is 2. The van der Waals surface area contributed by atoms with Gasteiger partial charge in [-0.1, -0.05) is 47.7 Å². The van der Waals surface area contributed by atoms with E-state index in [-0.39, 0.29) is 17.9 Å². The van der Waals surface area contributed by atoms with E-state index in [1.165, 1.54) is 17.3 Å². The molecular formula is C25H27N3O4S. The first-order valence-corrected chi connectivity index (χ1v) is 11.8. The molecule has 1 N–H and O–H groups in total. The lowest BCUT2D eigenvalue weighted by Crippen LogP contribution is -2.33. The van der Waals surface area contributed by atoms with Crippen molar-refractivity contribution < 1.29 is 14.3 Å². The van der Waals surface area contributed by atoms with Crippen LogP contribution in [0.25, 0.3) is 0 Å². The van der Waals surface area contributed by atoms with Crippen molar-refractivity contribution in [3.63, 3.8) is 0 Å². The first-order chi connectivity index (χ1) is 15.9. The van der Waals surface area contributed by atoms with Crippen LogP contribution in [-0.2, 0) is 17.6 Å². The number of hydrogen-bond acceptors (Lipinski definition) is 6. The Kier molecular flexibility index (Phi) is 6.74. The first-order valence-electron chi connectivity index (χ1n) is 10.8. The average molecular weight is 466 g/mol. The Labute approximate surface area is 197 Å². The molecule has 0 aliphatic carbocycles. The predicted octanol–water partition coefficient (Wildman–Crippen LogP) is 4.26. The molecule has 8 heteroatoms. The van der Waals surface area contributed by atoms with Crippen LogP contribution in [0, 0.1) is 6.92 Å². The molecule has 0 bridgehead atoms. The van der Waals surface area contributed by atoms with E-state index >= 15 is 0 Å². The molecule has 0 spiro atoms. The zero-order valence-electron chi connectivity index (χ0n) is 19.2. The van der Waals surface area contributed by atoms with Gasteiger partial charge in [0.2, 0.25) is 5.91 Å². The number of amides is 1. The van der Waals surface area contributed by atoms with Crippen molar-refractivity contribution in [3.8, 4) is 11.5 Å². The SMILES string of the molecule is CCOc1cc([C@@H]2CC(=O)Nc3c2c(=O)nc(SCc2cccc(C)c2)n3C)ccc1OC. The molecule has 1 amide bonds. The van der Waals surface area contributed by atoms with Gasteiger partial charge in [0, 0.05) is 25.1 Å². The molecule has 3 aromatic rings. The minimum absolute atomic E-state index is 0.142. The second-order valence-corrected chi connectivity index (χ2v) is 8.89. The molecule has 172 valence electrons. The van der Waals surface area contributed by atoms with Gasteiger partial charge in [-0.25, -0.2) is 0 Å². The fraction of sp³-hybridized carbons (Fsp3) is 0.320. The summed E-state index contributed by atoms with van der Waals surface area (Å²) in [6, 6.07) is 13.7. The summed E-state index contributed by atoms with van der Waals surface area (Å²) in [4.78, 5) is 30.2. The van der Waals surface area contributed by atoms with Crippen molar-refractivity contribution >= 4 is 23.5 Å². The van der Waals surface area contributed by atoms with E-state index in [1.54, 1.807) is 17.7 Å². The highest BCUT2D eigenvalue weighted by atomic mass is 32.2. The van der Waals surface area contributed by atoms with Crippen LogP contribution >= 0.6 is 11.8 Å². The van der Waals surface area contributed by atoms with Crippen molar-refractivity contribution in [1.29, 1.82) is 0 Å². The number of methoxy groups -OCH3 is 1. The monoisotopic (exact) mass is 465 g/mol. The molecule has 1 aliphatic rings. The quantitative estimate of drug-likeness (QED) is 0.415. The highest BCUT2D eigenvalue weighted by Gasteiger charge is 2.32. The summed E-state index contributed by atoms with van der Waals surface area (Å²) in [5.74, 6) is 1.80. The van der Waals surface area contributed by atoms with Gasteiger partial charge in [0.25, 0.3) is 5.56 Å². The molecule has 2 aromatic carbocycles. The molecule has 1 aliphatic heterocycles. The lowest BCUT2D eigenvalue weighted by molar-refractivity contribution is -0.116. The maximum atomic E-state index is 13.2. The Balaban J connectivity index is 1.72. The average Bonchev–Trinajstić information content (AvgIpc) is 2.80. The molecule has 0 saturated carbocycles. The number of anilines is 1. The molecule has 0 unspecified atom stereocenters. The normalized spacial score (nSPS) is 15.0. The van der Waals surface area contributed by atoms with Crippen molar-refractivity contribution in [3.05, 3.63) is 75.1 Å². The zero-order chi connectivity index (χ0) is 23.5. The van der Waals surface area contributed by atoms with Gasteiger partial charge in [-0.3, -0.25) is 9.59 Å². The minimum Gasteiger partial charge on any atom is -0.493 e. The van der Waals surface area contributed by atoms with Gasteiger partial charge in [0.1, 0.15) is 5.82 Å². The van der Waals surface area contributed by atoms with Gasteiger partial charge in [0.05, 0.1) is 19.3 Å². The van der Waals surface area contributed by atoms with E-state index < -0.39 is 5.92 Å². The summed E-state index contributed by atoms with van der Waals surface area (Å²) in [5.41, 5.74) is 3.31. The molecule has 2 heterocycles. The minimum atomic E-state index is -0.416. The Morgan fingerprint density at radius 3 is 2.73 bits per heavy atom. The van der Waals surface area contributed by atoms with E-state index in [9.17, 15) is 9.59 Å². The van der Waals surface area contributed by atoms with Gasteiger partial charge >= 0.3 is 0 Å². The summed E-state index contributed by atoms with van der Waals surface area (Å²) in [7, 11) is 3.41. The number of thioether (sulfide) groups is 1. The third-order valence-corrected chi connectivity index (χ3v) is 6.74. The van der Waals surface area contributed by atoms with Crippen LogP contribution in [0.1, 0.15) is 41.5 Å². The smallest absolute Gasteiger partial charge is 0.279 e. The predicted molar refractivity (Wildman–Crippen MR) is 129 cm³/mol. The summed E-state index contributed by atoms with van der Waals surface area (Å²) >= 11 is 1.47. The van der Waals surface area contributed by atoms with Crippen molar-refractivity contribution in [2.75, 3.05) is 19.0 Å². The van der Waals surface area contributed by atoms with Crippen molar-refractivity contribution in [2.24, 2.45) is 7.05 Å². The van der Waals surface area contributed by atoms with E-state index in [2.05, 4.69) is 16.4 Å². The van der Waals surface area contributed by atoms with Crippen LogP contribution < -0.4 is 20.3 Å². The van der Waals surface area contributed by atoms with Gasteiger partial charge in [-0.15, -0.1) is 0 Å². The number of aryl methyl sites for hydroxylation is 1. The molecule has 7 nitrogen and oxygen atoms in total. The van der Waals surface area contributed by atoms with Crippen LogP contribution in [0.3, 0.4) is 0 Å². The van der Waals surface area contributed by atoms with Gasteiger partial charge in [-0.05, 0) is 37.1 Å². The molecule has 1 aromatic heterocycles. The third-order valence-electron chi connectivity index (χ3n) is 5.64. The van der Waals surface area contributed by atoms with Crippen LogP contribution in [0.2, 0.25) is 0 Å². The summed E-state index contributed by atoms with van der Waals surface area (Å²) in [5, 5.41) is 3.45. The van der Waals surface area contributed by atoms with E-state index in [4.69, 9.17) is 9.47 Å². The number of rotatable bonds is 7. The van der Waals surface area contributed by atoms with Crippen LogP contribution in [0.5, 0.6) is 11.5 Å². The molecule has 0 saturated heterocycles. The third kappa shape index (κ3) is 4.75. The Bertz CT molecular complexity index is 1250. The standard InChI is InChI=1S/C25H27N3O4S/c1-5-32-20-12-17(9-10-19(20)31-4)18-13-21(29)26-23-22(18)24(30)27-25(28(23)3)33-14-16-8-6-7-15(2)11-16/h6-12,18H,5,13-14H2,1-4H3,(H,26,29)/t18-/m0/s1. The molecule has 33 heavy (non-hydrogen) atoms. The van der Waals surface area contributed by atoms with Gasteiger partial charge in [0.15, 0.2) is 16.7 Å².